The summed E-state index contributed by atoms with van der Waals surface area (Å²) in [7, 11) is 0. The molecule has 2 aliphatic heterocycles. The minimum Gasteiger partial charge on any atom is -0.507 e. The maximum Gasteiger partial charge on any atom is 0.295 e. The Hall–Kier alpha value is -4.27. The van der Waals surface area contributed by atoms with Gasteiger partial charge in [-0.1, -0.05) is 25.8 Å². The molecule has 2 unspecified atom stereocenters. The van der Waals surface area contributed by atoms with Gasteiger partial charge in [-0.15, -0.1) is 0 Å². The van der Waals surface area contributed by atoms with Crippen LogP contribution in [0.3, 0.4) is 0 Å². The van der Waals surface area contributed by atoms with Crippen LogP contribution >= 0.6 is 0 Å². The predicted molar refractivity (Wildman–Crippen MR) is 159 cm³/mol. The monoisotopic (exact) mass is 573 g/mol. The zero-order valence-corrected chi connectivity index (χ0v) is 24.5. The van der Waals surface area contributed by atoms with Crippen molar-refractivity contribution in [3.63, 3.8) is 0 Å². The summed E-state index contributed by atoms with van der Waals surface area (Å²) in [5, 5.41) is 11.6. The highest BCUT2D eigenvalue weighted by molar-refractivity contribution is 6.46. The molecular formula is C33H39N3O6. The van der Waals surface area contributed by atoms with Gasteiger partial charge in [0.15, 0.2) is 11.5 Å². The number of aliphatic hydroxyl groups excluding tert-OH is 1. The van der Waals surface area contributed by atoms with Crippen molar-refractivity contribution < 1.29 is 28.9 Å². The summed E-state index contributed by atoms with van der Waals surface area (Å²) in [6, 6.07) is 10.1. The molecule has 0 saturated carbocycles. The van der Waals surface area contributed by atoms with Crippen LogP contribution in [0.15, 0.2) is 60.7 Å². The number of rotatable bonds is 13. The van der Waals surface area contributed by atoms with Gasteiger partial charge in [0.2, 0.25) is 0 Å². The number of hydrogen-bond donors (Lipinski definition) is 1. The van der Waals surface area contributed by atoms with Crippen molar-refractivity contribution in [3.05, 3.63) is 77.4 Å². The Bertz CT molecular complexity index is 1450. The van der Waals surface area contributed by atoms with E-state index in [1.165, 1.54) is 0 Å². The molecule has 3 aromatic rings. The first-order chi connectivity index (χ1) is 20.4. The number of Topliss-reactive ketones (excluding diaryl/α,β-unsaturated/α-hetero) is 1. The van der Waals surface area contributed by atoms with Crippen LogP contribution in [0.2, 0.25) is 0 Å². The van der Waals surface area contributed by atoms with Gasteiger partial charge in [0.1, 0.15) is 17.6 Å². The average Bonchev–Trinajstić information content (AvgIpc) is 3.70. The summed E-state index contributed by atoms with van der Waals surface area (Å²) >= 11 is 0. The number of aromatic nitrogens is 2. The smallest absolute Gasteiger partial charge is 0.295 e. The van der Waals surface area contributed by atoms with Crippen LogP contribution in [-0.4, -0.2) is 57.1 Å². The van der Waals surface area contributed by atoms with Gasteiger partial charge < -0.3 is 28.8 Å². The zero-order valence-electron chi connectivity index (χ0n) is 24.5. The van der Waals surface area contributed by atoms with Crippen molar-refractivity contribution in [1.82, 2.24) is 14.5 Å². The van der Waals surface area contributed by atoms with E-state index in [-0.39, 0.29) is 17.4 Å². The van der Waals surface area contributed by atoms with E-state index >= 15 is 0 Å². The number of benzene rings is 2. The highest BCUT2D eigenvalue weighted by Crippen LogP contribution is 2.43. The Labute approximate surface area is 246 Å². The number of ether oxygens (including phenoxy) is 3. The summed E-state index contributed by atoms with van der Waals surface area (Å²) in [5.74, 6) is 0.383. The van der Waals surface area contributed by atoms with E-state index in [1.807, 2.05) is 54.9 Å². The van der Waals surface area contributed by atoms with E-state index < -0.39 is 17.7 Å². The van der Waals surface area contributed by atoms with Crippen LogP contribution in [0.5, 0.6) is 17.2 Å². The third-order valence-electron chi connectivity index (χ3n) is 7.67. The molecule has 1 aromatic heterocycles. The molecule has 0 spiro atoms. The quantitative estimate of drug-likeness (QED) is 0.121. The van der Waals surface area contributed by atoms with Crippen LogP contribution in [0.25, 0.3) is 5.76 Å². The van der Waals surface area contributed by atoms with Crippen molar-refractivity contribution in [3.8, 4) is 17.2 Å². The van der Waals surface area contributed by atoms with Gasteiger partial charge in [-0.05, 0) is 68.1 Å². The maximum atomic E-state index is 13.6. The summed E-state index contributed by atoms with van der Waals surface area (Å²) in [4.78, 5) is 32.7. The molecule has 0 aliphatic carbocycles. The molecule has 5 rings (SSSR count). The van der Waals surface area contributed by atoms with Crippen molar-refractivity contribution in [2.24, 2.45) is 0 Å². The van der Waals surface area contributed by atoms with E-state index in [0.717, 1.165) is 30.6 Å². The molecule has 1 fully saturated rings. The fourth-order valence-corrected chi connectivity index (χ4v) is 5.64. The number of aliphatic hydroxyl groups is 1. The lowest BCUT2D eigenvalue weighted by molar-refractivity contribution is -0.139. The molecule has 1 amide bonds. The second-order valence-electron chi connectivity index (χ2n) is 10.8. The molecule has 9 nitrogen and oxygen atoms in total. The Morgan fingerprint density at radius 2 is 1.90 bits per heavy atom. The summed E-state index contributed by atoms with van der Waals surface area (Å²) in [6.45, 7) is 7.97. The van der Waals surface area contributed by atoms with Crippen molar-refractivity contribution >= 4 is 17.4 Å². The standard InChI is InChI=1S/C33H39N3O6/c1-4-6-7-17-41-27-12-9-23(20-28(27)40-5-2)30-29(31(37)24-10-11-26-25(19-24)18-22(3)42-26)32(38)33(39)36(30)15-8-14-35-16-13-34-21-35/h9-13,16,19-22,30,37H,4-8,14-15,17-18H2,1-3H3. The van der Waals surface area contributed by atoms with Crippen LogP contribution in [0.4, 0.5) is 0 Å². The molecule has 222 valence electrons. The van der Waals surface area contributed by atoms with E-state index in [4.69, 9.17) is 14.2 Å². The molecule has 0 radical (unpaired) electrons. The first-order valence-electron chi connectivity index (χ1n) is 14.8. The van der Waals surface area contributed by atoms with Gasteiger partial charge >= 0.3 is 0 Å². The molecule has 2 aliphatic rings. The number of amides is 1. The highest BCUT2D eigenvalue weighted by atomic mass is 16.5. The Morgan fingerprint density at radius 1 is 1.05 bits per heavy atom. The number of nitrogens with zero attached hydrogens (tertiary/aromatic N) is 3. The molecule has 2 atom stereocenters. The predicted octanol–water partition coefficient (Wildman–Crippen LogP) is 5.69. The number of fused-ring (bicyclic) bond motifs is 1. The van der Waals surface area contributed by atoms with E-state index in [2.05, 4.69) is 11.9 Å². The Balaban J connectivity index is 1.52. The first-order valence-corrected chi connectivity index (χ1v) is 14.8. The Morgan fingerprint density at radius 3 is 2.67 bits per heavy atom. The molecule has 9 heteroatoms. The summed E-state index contributed by atoms with van der Waals surface area (Å²) in [5.41, 5.74) is 2.17. The van der Waals surface area contributed by atoms with Gasteiger partial charge in [0.05, 0.1) is 31.2 Å². The fourth-order valence-electron chi connectivity index (χ4n) is 5.64. The van der Waals surface area contributed by atoms with Gasteiger partial charge in [0.25, 0.3) is 11.7 Å². The van der Waals surface area contributed by atoms with Crippen molar-refractivity contribution in [1.29, 1.82) is 0 Å². The molecule has 1 saturated heterocycles. The SMILES string of the molecule is CCCCCOc1ccc(C2C(=C(O)c3ccc4c(c3)CC(C)O4)C(=O)C(=O)N2CCCn2ccnc2)cc1OCC. The van der Waals surface area contributed by atoms with Crippen molar-refractivity contribution in [2.45, 2.75) is 71.6 Å². The van der Waals surface area contributed by atoms with Crippen LogP contribution < -0.4 is 14.2 Å². The van der Waals surface area contributed by atoms with Gasteiger partial charge in [-0.2, -0.15) is 0 Å². The molecule has 0 bridgehead atoms. The normalized spacial score (nSPS) is 19.2. The van der Waals surface area contributed by atoms with Crippen molar-refractivity contribution in [2.75, 3.05) is 19.8 Å². The third-order valence-corrected chi connectivity index (χ3v) is 7.67. The minimum absolute atomic E-state index is 0.0400. The Kier molecular flexibility index (Phi) is 9.15. The van der Waals surface area contributed by atoms with E-state index in [1.54, 1.807) is 23.5 Å². The van der Waals surface area contributed by atoms with Gasteiger partial charge in [0, 0.05) is 37.5 Å². The van der Waals surface area contributed by atoms with Gasteiger partial charge in [-0.25, -0.2) is 4.98 Å². The molecular weight excluding hydrogens is 534 g/mol. The second-order valence-corrected chi connectivity index (χ2v) is 10.8. The number of imidazole rings is 1. The number of aryl methyl sites for hydroxylation is 1. The molecule has 1 N–H and O–H groups in total. The number of ketones is 1. The molecule has 42 heavy (non-hydrogen) atoms. The lowest BCUT2D eigenvalue weighted by Crippen LogP contribution is -2.31. The summed E-state index contributed by atoms with van der Waals surface area (Å²) in [6.07, 6.45) is 9.74. The van der Waals surface area contributed by atoms with E-state index in [9.17, 15) is 14.7 Å². The first kappa shape index (κ1) is 29.2. The van der Waals surface area contributed by atoms with Crippen LogP contribution in [0, 0.1) is 0 Å². The largest absolute Gasteiger partial charge is 0.507 e. The van der Waals surface area contributed by atoms with Crippen LogP contribution in [0.1, 0.15) is 69.2 Å². The minimum atomic E-state index is -0.787. The number of unbranched alkanes of at least 4 members (excludes halogenated alkanes) is 2. The third kappa shape index (κ3) is 6.15. The maximum absolute atomic E-state index is 13.6. The highest BCUT2D eigenvalue weighted by Gasteiger charge is 2.46. The number of carbonyl (C=O) groups excluding carboxylic acids is 2. The number of carbonyl (C=O) groups is 2. The second kappa shape index (κ2) is 13.1. The lowest BCUT2D eigenvalue weighted by atomic mass is 9.94. The van der Waals surface area contributed by atoms with E-state index in [0.29, 0.717) is 61.8 Å². The molecule has 2 aromatic carbocycles. The molecule has 3 heterocycles. The summed E-state index contributed by atoms with van der Waals surface area (Å²) < 4.78 is 19.7. The number of hydrogen-bond acceptors (Lipinski definition) is 7. The topological polar surface area (TPSA) is 103 Å². The average molecular weight is 574 g/mol. The lowest BCUT2D eigenvalue weighted by Gasteiger charge is -2.26. The number of likely N-dealkylation sites (tertiary alicyclic amines) is 1. The van der Waals surface area contributed by atoms with Crippen LogP contribution in [-0.2, 0) is 22.6 Å². The van der Waals surface area contributed by atoms with Gasteiger partial charge in [-0.3, -0.25) is 9.59 Å². The fraction of sp³-hybridized carbons (Fsp3) is 0.424. The zero-order chi connectivity index (χ0) is 29.6.